The molecule has 0 saturated heterocycles. The number of aryl methyl sites for hydroxylation is 1. The molecule has 29 heavy (non-hydrogen) atoms. The van der Waals surface area contributed by atoms with Crippen LogP contribution >= 0.6 is 0 Å². The Labute approximate surface area is 174 Å². The Kier molecular flexibility index (Phi) is 7.07. The predicted molar refractivity (Wildman–Crippen MR) is 120 cm³/mol. The topological polar surface area (TPSA) is 25.2 Å². The van der Waals surface area contributed by atoms with Gasteiger partial charge in [0.1, 0.15) is 0 Å². The van der Waals surface area contributed by atoms with Gasteiger partial charge in [-0.25, -0.2) is 0 Å². The fourth-order valence-corrected chi connectivity index (χ4v) is 3.80. The summed E-state index contributed by atoms with van der Waals surface area (Å²) in [4.78, 5) is 15.3. The Morgan fingerprint density at radius 2 is 1.90 bits per heavy atom. The third-order valence-corrected chi connectivity index (χ3v) is 5.28. The van der Waals surface area contributed by atoms with Gasteiger partial charge in [-0.3, -0.25) is 4.79 Å². The van der Waals surface area contributed by atoms with Gasteiger partial charge in [-0.05, 0) is 36.6 Å². The number of nitrogens with zero attached hydrogens (tertiary/aromatic N) is 2. The third kappa shape index (κ3) is 5.26. The summed E-state index contributed by atoms with van der Waals surface area (Å²) in [6.45, 7) is 9.97. The van der Waals surface area contributed by atoms with Crippen molar-refractivity contribution < 1.29 is 4.79 Å². The molecule has 1 heterocycles. The van der Waals surface area contributed by atoms with Gasteiger partial charge >= 0.3 is 0 Å². The van der Waals surface area contributed by atoms with Gasteiger partial charge in [-0.1, -0.05) is 73.2 Å². The molecule has 0 aliphatic carbocycles. The van der Waals surface area contributed by atoms with E-state index in [2.05, 4.69) is 67.6 Å². The quantitative estimate of drug-likeness (QED) is 0.442. The number of rotatable bonds is 9. The van der Waals surface area contributed by atoms with E-state index in [1.807, 2.05) is 41.3 Å². The highest BCUT2D eigenvalue weighted by atomic mass is 16.2. The van der Waals surface area contributed by atoms with Crippen molar-refractivity contribution in [3.8, 4) is 0 Å². The van der Waals surface area contributed by atoms with Crippen LogP contribution in [0.15, 0.2) is 85.6 Å². The van der Waals surface area contributed by atoms with Crippen LogP contribution in [0.3, 0.4) is 0 Å². The van der Waals surface area contributed by atoms with Crippen molar-refractivity contribution in [2.75, 3.05) is 6.54 Å². The summed E-state index contributed by atoms with van der Waals surface area (Å²) in [5, 5.41) is 0. The maximum atomic E-state index is 13.4. The molecule has 1 amide bonds. The molecule has 3 rings (SSSR count). The predicted octanol–water partition coefficient (Wildman–Crippen LogP) is 5.55. The number of benzene rings is 2. The minimum Gasteiger partial charge on any atom is -0.345 e. The Bertz CT molecular complexity index is 942. The summed E-state index contributed by atoms with van der Waals surface area (Å²) >= 11 is 0. The first kappa shape index (κ1) is 20.7. The summed E-state index contributed by atoms with van der Waals surface area (Å²) in [5.41, 5.74) is 4.72. The number of hydrogen-bond acceptors (Lipinski definition) is 1. The van der Waals surface area contributed by atoms with Crippen LogP contribution in [0.1, 0.15) is 41.6 Å². The van der Waals surface area contributed by atoms with E-state index in [4.69, 9.17) is 0 Å². The maximum absolute atomic E-state index is 13.4. The van der Waals surface area contributed by atoms with Gasteiger partial charge in [0.2, 0.25) is 5.91 Å². The van der Waals surface area contributed by atoms with Crippen LogP contribution in [-0.4, -0.2) is 21.9 Å². The van der Waals surface area contributed by atoms with Crippen molar-refractivity contribution in [3.05, 3.63) is 108 Å². The summed E-state index contributed by atoms with van der Waals surface area (Å²) in [6, 6.07) is 22.8. The molecule has 3 nitrogen and oxygen atoms in total. The van der Waals surface area contributed by atoms with E-state index in [0.29, 0.717) is 13.1 Å². The first-order chi connectivity index (χ1) is 14.1. The number of hydrogen-bond donors (Lipinski definition) is 0. The zero-order valence-corrected chi connectivity index (χ0v) is 17.4. The first-order valence-corrected chi connectivity index (χ1v) is 10.3. The Morgan fingerprint density at radius 3 is 2.59 bits per heavy atom. The molecule has 2 aromatic carbocycles. The minimum absolute atomic E-state index is 0.128. The molecule has 150 valence electrons. The van der Waals surface area contributed by atoms with E-state index in [1.54, 1.807) is 0 Å². The largest absolute Gasteiger partial charge is 0.345 e. The highest BCUT2D eigenvalue weighted by molar-refractivity contribution is 5.83. The van der Waals surface area contributed by atoms with E-state index in [9.17, 15) is 4.79 Å². The zero-order chi connectivity index (χ0) is 20.6. The summed E-state index contributed by atoms with van der Waals surface area (Å²) in [5.74, 6) is 0.0261. The lowest BCUT2D eigenvalue weighted by Crippen LogP contribution is -2.35. The fourth-order valence-electron chi connectivity index (χ4n) is 3.80. The average molecular weight is 387 g/mol. The van der Waals surface area contributed by atoms with Gasteiger partial charge in [0.05, 0.1) is 12.5 Å². The SMILES string of the molecule is C=CCN(Cc1cccn1Cc1cccc(C)c1)C(=O)C(CC)c1ccccc1. The molecule has 0 fully saturated rings. The molecule has 0 aliphatic rings. The summed E-state index contributed by atoms with van der Waals surface area (Å²) in [7, 11) is 0. The van der Waals surface area contributed by atoms with Crippen molar-refractivity contribution in [3.63, 3.8) is 0 Å². The molecule has 0 radical (unpaired) electrons. The minimum atomic E-state index is -0.128. The second-order valence-electron chi connectivity index (χ2n) is 7.50. The highest BCUT2D eigenvalue weighted by Crippen LogP contribution is 2.23. The highest BCUT2D eigenvalue weighted by Gasteiger charge is 2.24. The molecule has 3 aromatic rings. The number of carbonyl (C=O) groups is 1. The molecule has 3 heteroatoms. The van der Waals surface area contributed by atoms with Gasteiger partial charge in [0, 0.05) is 25.0 Å². The van der Waals surface area contributed by atoms with E-state index < -0.39 is 0 Å². The van der Waals surface area contributed by atoms with Crippen molar-refractivity contribution in [1.29, 1.82) is 0 Å². The number of carbonyl (C=O) groups excluding carboxylic acids is 1. The Hall–Kier alpha value is -3.07. The van der Waals surface area contributed by atoms with E-state index in [0.717, 1.165) is 24.2 Å². The van der Waals surface area contributed by atoms with Crippen molar-refractivity contribution in [2.24, 2.45) is 0 Å². The fraction of sp³-hybridized carbons (Fsp3) is 0.269. The van der Waals surface area contributed by atoms with Crippen molar-refractivity contribution in [2.45, 2.75) is 39.3 Å². The van der Waals surface area contributed by atoms with Crippen LogP contribution in [0, 0.1) is 6.92 Å². The van der Waals surface area contributed by atoms with E-state index in [1.165, 1.54) is 11.1 Å². The Balaban J connectivity index is 1.80. The van der Waals surface area contributed by atoms with Gasteiger partial charge in [0.15, 0.2) is 0 Å². The van der Waals surface area contributed by atoms with Crippen LogP contribution in [0.5, 0.6) is 0 Å². The van der Waals surface area contributed by atoms with Crippen molar-refractivity contribution >= 4 is 5.91 Å². The van der Waals surface area contributed by atoms with Crippen LogP contribution in [-0.2, 0) is 17.9 Å². The molecule has 0 bridgehead atoms. The summed E-state index contributed by atoms with van der Waals surface area (Å²) < 4.78 is 2.22. The van der Waals surface area contributed by atoms with Gasteiger partial charge < -0.3 is 9.47 Å². The molecular formula is C26H30N2O. The molecule has 0 saturated carbocycles. The van der Waals surface area contributed by atoms with E-state index in [-0.39, 0.29) is 11.8 Å². The maximum Gasteiger partial charge on any atom is 0.230 e. The second kappa shape index (κ2) is 9.92. The molecule has 0 aliphatic heterocycles. The Morgan fingerprint density at radius 1 is 1.10 bits per heavy atom. The molecule has 1 aromatic heterocycles. The average Bonchev–Trinajstić information content (AvgIpc) is 3.15. The lowest BCUT2D eigenvalue weighted by atomic mass is 9.95. The molecule has 0 N–H and O–H groups in total. The van der Waals surface area contributed by atoms with Crippen LogP contribution in [0.2, 0.25) is 0 Å². The normalized spacial score (nSPS) is 11.8. The molecular weight excluding hydrogens is 356 g/mol. The van der Waals surface area contributed by atoms with Crippen molar-refractivity contribution in [1.82, 2.24) is 9.47 Å². The lowest BCUT2D eigenvalue weighted by Gasteiger charge is -2.27. The lowest BCUT2D eigenvalue weighted by molar-refractivity contribution is -0.133. The zero-order valence-electron chi connectivity index (χ0n) is 17.4. The van der Waals surface area contributed by atoms with Gasteiger partial charge in [-0.15, -0.1) is 6.58 Å². The third-order valence-electron chi connectivity index (χ3n) is 5.28. The number of amides is 1. The molecule has 1 unspecified atom stereocenters. The first-order valence-electron chi connectivity index (χ1n) is 10.3. The second-order valence-corrected chi connectivity index (χ2v) is 7.50. The van der Waals surface area contributed by atoms with Gasteiger partial charge in [-0.2, -0.15) is 0 Å². The standard InChI is InChI=1S/C26H30N2O/c1-4-16-28(26(29)25(5-2)23-13-7-6-8-14-23)20-24-15-10-17-27(24)19-22-12-9-11-21(3)18-22/h4,6-15,17-18,25H,1,5,16,19-20H2,2-3H3. The van der Waals surface area contributed by atoms with Gasteiger partial charge in [0.25, 0.3) is 0 Å². The number of aromatic nitrogens is 1. The summed E-state index contributed by atoms with van der Waals surface area (Å²) in [6.07, 6.45) is 4.67. The van der Waals surface area contributed by atoms with Crippen LogP contribution in [0.25, 0.3) is 0 Å². The smallest absolute Gasteiger partial charge is 0.230 e. The monoisotopic (exact) mass is 386 g/mol. The molecule has 1 atom stereocenters. The molecule has 0 spiro atoms. The van der Waals surface area contributed by atoms with Crippen LogP contribution < -0.4 is 0 Å². The van der Waals surface area contributed by atoms with Crippen LogP contribution in [0.4, 0.5) is 0 Å². The van der Waals surface area contributed by atoms with E-state index >= 15 is 0 Å².